The fourth-order valence-corrected chi connectivity index (χ4v) is 3.41. The van der Waals surface area contributed by atoms with Crippen molar-refractivity contribution in [3.05, 3.63) is 58.1 Å². The summed E-state index contributed by atoms with van der Waals surface area (Å²) < 4.78 is 0. The number of carbonyl (C=O) groups is 3. The lowest BCUT2D eigenvalue weighted by atomic mass is 10.2. The second kappa shape index (κ2) is 7.58. The van der Waals surface area contributed by atoms with Crippen LogP contribution in [0, 0.1) is 6.92 Å². The third-order valence-electron chi connectivity index (χ3n) is 4.21. The van der Waals surface area contributed by atoms with Gasteiger partial charge < -0.3 is 5.32 Å². The lowest BCUT2D eigenvalue weighted by molar-refractivity contribution is -0.130. The van der Waals surface area contributed by atoms with Gasteiger partial charge in [-0.2, -0.15) is 0 Å². The molecule has 0 saturated carbocycles. The molecule has 2 aromatic carbocycles. The van der Waals surface area contributed by atoms with Crippen LogP contribution in [-0.4, -0.2) is 35.3 Å². The fraction of sp³-hybridized carbons (Fsp3) is 0.211. The van der Waals surface area contributed by atoms with E-state index in [2.05, 4.69) is 5.32 Å². The Balaban J connectivity index is 1.74. The number of urea groups is 1. The topological polar surface area (TPSA) is 69.7 Å². The Morgan fingerprint density at radius 2 is 1.67 bits per heavy atom. The van der Waals surface area contributed by atoms with Crippen LogP contribution in [-0.2, 0) is 9.59 Å². The van der Waals surface area contributed by atoms with Gasteiger partial charge >= 0.3 is 6.03 Å². The van der Waals surface area contributed by atoms with Crippen molar-refractivity contribution in [2.45, 2.75) is 19.9 Å². The normalized spacial score (nSPS) is 16.8. The maximum atomic E-state index is 12.7. The highest BCUT2D eigenvalue weighted by atomic mass is 35.5. The molecule has 0 unspecified atom stereocenters. The maximum Gasteiger partial charge on any atom is 0.332 e. The van der Waals surface area contributed by atoms with Crippen LogP contribution in [0.5, 0.6) is 0 Å². The van der Waals surface area contributed by atoms with Gasteiger partial charge in [0.15, 0.2) is 0 Å². The van der Waals surface area contributed by atoms with E-state index in [1.807, 2.05) is 19.1 Å². The Morgan fingerprint density at radius 1 is 1.07 bits per heavy atom. The molecule has 1 N–H and O–H groups in total. The summed E-state index contributed by atoms with van der Waals surface area (Å²) in [6, 6.07) is 10.6. The van der Waals surface area contributed by atoms with E-state index in [9.17, 15) is 14.4 Å². The van der Waals surface area contributed by atoms with Crippen LogP contribution < -0.4 is 10.2 Å². The van der Waals surface area contributed by atoms with Crippen LogP contribution >= 0.6 is 23.2 Å². The lowest BCUT2D eigenvalue weighted by Crippen LogP contribution is -2.39. The number of hydrogen-bond acceptors (Lipinski definition) is 3. The van der Waals surface area contributed by atoms with E-state index >= 15 is 0 Å². The predicted molar refractivity (Wildman–Crippen MR) is 105 cm³/mol. The number of nitrogens with one attached hydrogen (secondary N) is 1. The van der Waals surface area contributed by atoms with Gasteiger partial charge in [-0.1, -0.05) is 40.9 Å². The zero-order valence-electron chi connectivity index (χ0n) is 14.7. The first-order chi connectivity index (χ1) is 12.8. The smallest absolute Gasteiger partial charge is 0.324 e. The molecule has 140 valence electrons. The molecular weight excluding hydrogens is 389 g/mol. The Morgan fingerprint density at radius 3 is 2.26 bits per heavy atom. The quantitative estimate of drug-likeness (QED) is 0.778. The van der Waals surface area contributed by atoms with Gasteiger partial charge in [0, 0.05) is 21.4 Å². The van der Waals surface area contributed by atoms with Crippen molar-refractivity contribution in [1.29, 1.82) is 0 Å². The number of imide groups is 1. The first-order valence-electron chi connectivity index (χ1n) is 8.23. The number of halogens is 2. The molecule has 0 bridgehead atoms. The molecule has 0 aromatic heterocycles. The molecular formula is C19H17Cl2N3O3. The van der Waals surface area contributed by atoms with Crippen molar-refractivity contribution in [2.24, 2.45) is 0 Å². The molecule has 2 aromatic rings. The Labute approximate surface area is 166 Å². The number of benzene rings is 2. The number of hydrogen-bond donors (Lipinski definition) is 1. The van der Waals surface area contributed by atoms with Crippen molar-refractivity contribution < 1.29 is 14.4 Å². The number of anilines is 2. The highest BCUT2D eigenvalue weighted by Crippen LogP contribution is 2.26. The SMILES string of the molecule is Cc1ccc(N2C(=O)N(CC(=O)Nc3cc(Cl)cc(Cl)c3)C(=O)[C@@H]2C)cc1. The first kappa shape index (κ1) is 19.2. The van der Waals surface area contributed by atoms with Gasteiger partial charge in [0.05, 0.1) is 0 Å². The molecule has 0 spiro atoms. The van der Waals surface area contributed by atoms with E-state index < -0.39 is 30.4 Å². The van der Waals surface area contributed by atoms with Crippen LogP contribution in [0.15, 0.2) is 42.5 Å². The molecule has 1 aliphatic heterocycles. The number of amides is 4. The number of rotatable bonds is 4. The van der Waals surface area contributed by atoms with Crippen LogP contribution in [0.25, 0.3) is 0 Å². The van der Waals surface area contributed by atoms with E-state index in [4.69, 9.17) is 23.2 Å². The molecule has 1 aliphatic rings. The van der Waals surface area contributed by atoms with Crippen LogP contribution in [0.2, 0.25) is 10.0 Å². The van der Waals surface area contributed by atoms with E-state index in [1.165, 1.54) is 23.1 Å². The van der Waals surface area contributed by atoms with Crippen LogP contribution in [0.3, 0.4) is 0 Å². The second-order valence-corrected chi connectivity index (χ2v) is 7.17. The molecule has 27 heavy (non-hydrogen) atoms. The van der Waals surface area contributed by atoms with Gasteiger partial charge in [0.1, 0.15) is 12.6 Å². The van der Waals surface area contributed by atoms with E-state index in [0.717, 1.165) is 10.5 Å². The molecule has 3 rings (SSSR count). The summed E-state index contributed by atoms with van der Waals surface area (Å²) in [5.41, 5.74) is 2.04. The summed E-state index contributed by atoms with van der Waals surface area (Å²) in [4.78, 5) is 39.9. The third-order valence-corrected chi connectivity index (χ3v) is 4.64. The predicted octanol–water partition coefficient (Wildman–Crippen LogP) is 4.10. The molecule has 1 saturated heterocycles. The van der Waals surface area contributed by atoms with E-state index in [1.54, 1.807) is 19.1 Å². The third kappa shape index (κ3) is 4.07. The van der Waals surface area contributed by atoms with Crippen LogP contribution in [0.4, 0.5) is 16.2 Å². The van der Waals surface area contributed by atoms with E-state index in [-0.39, 0.29) is 0 Å². The zero-order valence-corrected chi connectivity index (χ0v) is 16.2. The Bertz CT molecular complexity index is 895. The van der Waals surface area contributed by atoms with Gasteiger partial charge in [-0.15, -0.1) is 0 Å². The Hall–Kier alpha value is -2.57. The minimum absolute atomic E-state index is 0.366. The second-order valence-electron chi connectivity index (χ2n) is 6.29. The van der Waals surface area contributed by atoms with Crippen LogP contribution in [0.1, 0.15) is 12.5 Å². The molecule has 1 atom stereocenters. The zero-order chi connectivity index (χ0) is 19.7. The average molecular weight is 406 g/mol. The molecule has 0 radical (unpaired) electrons. The highest BCUT2D eigenvalue weighted by molar-refractivity contribution is 6.35. The molecule has 4 amide bonds. The monoisotopic (exact) mass is 405 g/mol. The lowest BCUT2D eigenvalue weighted by Gasteiger charge is -2.19. The van der Waals surface area contributed by atoms with Crippen molar-refractivity contribution >= 4 is 52.4 Å². The van der Waals surface area contributed by atoms with Crippen molar-refractivity contribution in [1.82, 2.24) is 4.90 Å². The minimum atomic E-state index is -0.686. The number of aryl methyl sites for hydroxylation is 1. The summed E-state index contributed by atoms with van der Waals surface area (Å²) in [6.07, 6.45) is 0. The average Bonchev–Trinajstić information content (AvgIpc) is 2.78. The van der Waals surface area contributed by atoms with Crippen molar-refractivity contribution in [3.8, 4) is 0 Å². The molecule has 6 nitrogen and oxygen atoms in total. The highest BCUT2D eigenvalue weighted by Gasteiger charge is 2.44. The summed E-state index contributed by atoms with van der Waals surface area (Å²) in [7, 11) is 0. The van der Waals surface area contributed by atoms with Gasteiger partial charge in [0.2, 0.25) is 5.91 Å². The van der Waals surface area contributed by atoms with E-state index in [0.29, 0.717) is 21.4 Å². The molecule has 0 aliphatic carbocycles. The number of carbonyl (C=O) groups excluding carboxylic acids is 3. The standard InChI is InChI=1S/C19H17Cl2N3O3/c1-11-3-5-16(6-4-11)24-12(2)18(26)23(19(24)27)10-17(25)22-15-8-13(20)7-14(21)9-15/h3-9,12H,10H2,1-2H3,(H,22,25)/t12-/m0/s1. The number of nitrogens with zero attached hydrogens (tertiary/aromatic N) is 2. The summed E-state index contributed by atoms with van der Waals surface area (Å²) in [5.74, 6) is -0.951. The van der Waals surface area contributed by atoms with Crippen molar-refractivity contribution in [3.63, 3.8) is 0 Å². The fourth-order valence-electron chi connectivity index (χ4n) is 2.88. The van der Waals surface area contributed by atoms with Gasteiger partial charge in [-0.05, 0) is 44.2 Å². The van der Waals surface area contributed by atoms with Gasteiger partial charge in [-0.3, -0.25) is 19.4 Å². The maximum absolute atomic E-state index is 12.7. The first-order valence-corrected chi connectivity index (χ1v) is 8.99. The molecule has 8 heteroatoms. The Kier molecular flexibility index (Phi) is 5.39. The summed E-state index contributed by atoms with van der Waals surface area (Å²) >= 11 is 11.8. The van der Waals surface area contributed by atoms with Crippen molar-refractivity contribution in [2.75, 3.05) is 16.8 Å². The summed E-state index contributed by atoms with van der Waals surface area (Å²) in [5, 5.41) is 3.33. The molecule has 1 heterocycles. The largest absolute Gasteiger partial charge is 0.332 e. The summed E-state index contributed by atoms with van der Waals surface area (Å²) in [6.45, 7) is 3.17. The van der Waals surface area contributed by atoms with Gasteiger partial charge in [0.25, 0.3) is 5.91 Å². The minimum Gasteiger partial charge on any atom is -0.324 e. The van der Waals surface area contributed by atoms with Gasteiger partial charge in [-0.25, -0.2) is 4.79 Å². The molecule has 1 fully saturated rings.